The van der Waals surface area contributed by atoms with Gasteiger partial charge in [-0.15, -0.1) is 22.7 Å². The Hall–Kier alpha value is -2.06. The maximum Gasteiger partial charge on any atom is 0.289 e. The van der Waals surface area contributed by atoms with Crippen LogP contribution in [0, 0.1) is 0 Å². The number of rotatable bonds is 7. The van der Waals surface area contributed by atoms with E-state index in [-0.39, 0.29) is 22.9 Å². The third kappa shape index (κ3) is 5.48. The zero-order valence-corrected chi connectivity index (χ0v) is 17.2. The predicted octanol–water partition coefficient (Wildman–Crippen LogP) is 0.171. The van der Waals surface area contributed by atoms with Crippen LogP contribution in [0.15, 0.2) is 27.1 Å². The van der Waals surface area contributed by atoms with Gasteiger partial charge < -0.3 is 9.64 Å². The number of carbonyl (C=O) groups excluding carboxylic acids is 2. The van der Waals surface area contributed by atoms with E-state index in [1.165, 1.54) is 17.4 Å². The molecule has 10 nitrogen and oxygen atoms in total. The van der Waals surface area contributed by atoms with E-state index < -0.39 is 21.8 Å². The highest BCUT2D eigenvalue weighted by molar-refractivity contribution is 7.91. The van der Waals surface area contributed by atoms with E-state index in [0.29, 0.717) is 26.3 Å². The smallest absolute Gasteiger partial charge is 0.289 e. The van der Waals surface area contributed by atoms with Crippen LogP contribution < -0.4 is 20.5 Å². The van der Waals surface area contributed by atoms with Crippen LogP contribution in [0.3, 0.4) is 0 Å². The van der Waals surface area contributed by atoms with Crippen LogP contribution in [-0.4, -0.2) is 58.1 Å². The molecule has 0 atom stereocenters. The molecule has 1 saturated heterocycles. The van der Waals surface area contributed by atoms with E-state index >= 15 is 0 Å². The molecule has 1 aliphatic rings. The van der Waals surface area contributed by atoms with Crippen molar-refractivity contribution >= 4 is 49.6 Å². The van der Waals surface area contributed by atoms with Crippen molar-refractivity contribution in [3.8, 4) is 0 Å². The van der Waals surface area contributed by atoms with Crippen LogP contribution in [-0.2, 0) is 19.6 Å². The molecular formula is C15H19N5O5S3. The molecule has 0 saturated carbocycles. The van der Waals surface area contributed by atoms with Gasteiger partial charge in [0.25, 0.3) is 5.91 Å². The summed E-state index contributed by atoms with van der Waals surface area (Å²) in [5, 5.41) is 3.99. The molecule has 1 fully saturated rings. The minimum Gasteiger partial charge on any atom is -0.378 e. The third-order valence-corrected chi connectivity index (χ3v) is 7.49. The van der Waals surface area contributed by atoms with Gasteiger partial charge in [0.2, 0.25) is 15.9 Å². The summed E-state index contributed by atoms with van der Waals surface area (Å²) in [6, 6.07) is 3.11. The Morgan fingerprint density at radius 1 is 1.21 bits per heavy atom. The van der Waals surface area contributed by atoms with Gasteiger partial charge in [0, 0.05) is 31.4 Å². The number of anilines is 1. The summed E-state index contributed by atoms with van der Waals surface area (Å²) in [6.07, 6.45) is -0.124. The topological polar surface area (TPSA) is 130 Å². The Bertz CT molecular complexity index is 906. The van der Waals surface area contributed by atoms with E-state index in [0.717, 1.165) is 16.5 Å². The quantitative estimate of drug-likeness (QED) is 0.518. The van der Waals surface area contributed by atoms with Gasteiger partial charge in [0.15, 0.2) is 5.13 Å². The second-order valence-electron chi connectivity index (χ2n) is 5.70. The number of hydrogen-bond acceptors (Lipinski definition) is 9. The summed E-state index contributed by atoms with van der Waals surface area (Å²) < 4.78 is 31.7. The molecule has 0 aromatic carbocycles. The monoisotopic (exact) mass is 445 g/mol. The number of ether oxygens (including phenoxy) is 1. The summed E-state index contributed by atoms with van der Waals surface area (Å²) in [5.74, 6) is -1.06. The van der Waals surface area contributed by atoms with Crippen molar-refractivity contribution in [3.05, 3.63) is 28.6 Å². The third-order valence-electron chi connectivity index (χ3n) is 3.73. The van der Waals surface area contributed by atoms with E-state index in [9.17, 15) is 18.0 Å². The Labute approximate surface area is 169 Å². The van der Waals surface area contributed by atoms with E-state index in [1.54, 1.807) is 16.8 Å². The summed E-state index contributed by atoms with van der Waals surface area (Å²) in [5.41, 5.74) is 4.73. The number of sulfonamides is 1. The molecule has 3 heterocycles. The number of nitrogens with zero attached hydrogens (tertiary/aromatic N) is 2. The maximum atomic E-state index is 12.1. The molecule has 3 rings (SSSR count). The molecule has 3 N–H and O–H groups in total. The maximum absolute atomic E-state index is 12.1. The van der Waals surface area contributed by atoms with Crippen LogP contribution in [0.25, 0.3) is 0 Å². The summed E-state index contributed by atoms with van der Waals surface area (Å²) in [7, 11) is -3.62. The van der Waals surface area contributed by atoms with Crippen LogP contribution in [0.4, 0.5) is 5.13 Å². The largest absolute Gasteiger partial charge is 0.378 e. The second-order valence-corrected chi connectivity index (χ2v) is 9.47. The van der Waals surface area contributed by atoms with E-state index in [1.807, 2.05) is 4.90 Å². The number of carbonyl (C=O) groups is 2. The van der Waals surface area contributed by atoms with Gasteiger partial charge in [-0.05, 0) is 11.4 Å². The number of morpholine rings is 1. The standard InChI is InChI=1S/C15H19N5O5S3/c21-12(3-4-16-28(23,24)13-2-1-9-26-13)18-19-14(22)11-10-27-15(17-11)20-5-7-25-8-6-20/h1-2,9-10,16H,3-8H2,(H,18,21)(H,19,22). The summed E-state index contributed by atoms with van der Waals surface area (Å²) in [4.78, 5) is 30.2. The summed E-state index contributed by atoms with van der Waals surface area (Å²) in [6.45, 7) is 2.58. The van der Waals surface area contributed by atoms with Crippen molar-refractivity contribution < 1.29 is 22.7 Å². The van der Waals surface area contributed by atoms with Crippen LogP contribution in [0.2, 0.25) is 0 Å². The van der Waals surface area contributed by atoms with Gasteiger partial charge in [0.05, 0.1) is 13.2 Å². The predicted molar refractivity (Wildman–Crippen MR) is 105 cm³/mol. The number of amides is 2. The van der Waals surface area contributed by atoms with Gasteiger partial charge >= 0.3 is 0 Å². The Balaban J connectivity index is 1.40. The molecule has 1 aliphatic heterocycles. The fourth-order valence-electron chi connectivity index (χ4n) is 2.31. The molecule has 152 valence electrons. The Morgan fingerprint density at radius 3 is 2.71 bits per heavy atom. The fourth-order valence-corrected chi connectivity index (χ4v) is 5.24. The van der Waals surface area contributed by atoms with Crippen molar-refractivity contribution in [1.29, 1.82) is 0 Å². The molecule has 13 heteroatoms. The first-order chi connectivity index (χ1) is 13.5. The van der Waals surface area contributed by atoms with Crippen molar-refractivity contribution in [2.24, 2.45) is 0 Å². The fraction of sp³-hybridized carbons (Fsp3) is 0.400. The first-order valence-electron chi connectivity index (χ1n) is 8.36. The SMILES string of the molecule is O=C(CCNS(=O)(=O)c1cccs1)NNC(=O)c1csc(N2CCOCC2)n1. The van der Waals surface area contributed by atoms with Gasteiger partial charge in [0.1, 0.15) is 9.90 Å². The molecular weight excluding hydrogens is 426 g/mol. The van der Waals surface area contributed by atoms with Gasteiger partial charge in [-0.25, -0.2) is 18.1 Å². The molecule has 0 aliphatic carbocycles. The number of thiazole rings is 1. The highest BCUT2D eigenvalue weighted by Gasteiger charge is 2.18. The Morgan fingerprint density at radius 2 is 2.00 bits per heavy atom. The number of nitrogens with one attached hydrogen (secondary N) is 3. The van der Waals surface area contributed by atoms with Gasteiger partial charge in [-0.2, -0.15) is 0 Å². The number of thiophene rings is 1. The first-order valence-corrected chi connectivity index (χ1v) is 11.6. The van der Waals surface area contributed by atoms with Crippen LogP contribution in [0.1, 0.15) is 16.9 Å². The summed E-state index contributed by atoms with van der Waals surface area (Å²) >= 11 is 2.43. The average Bonchev–Trinajstić information content (AvgIpc) is 3.39. The van der Waals surface area contributed by atoms with Crippen LogP contribution >= 0.6 is 22.7 Å². The lowest BCUT2D eigenvalue weighted by Crippen LogP contribution is -2.43. The van der Waals surface area contributed by atoms with Crippen molar-refractivity contribution in [3.63, 3.8) is 0 Å². The lowest BCUT2D eigenvalue weighted by atomic mass is 10.4. The minimum atomic E-state index is -3.62. The molecule has 2 aromatic rings. The Kier molecular flexibility index (Phi) is 6.96. The lowest BCUT2D eigenvalue weighted by molar-refractivity contribution is -0.121. The highest BCUT2D eigenvalue weighted by atomic mass is 32.2. The van der Waals surface area contributed by atoms with E-state index in [2.05, 4.69) is 20.6 Å². The minimum absolute atomic E-state index is 0.0835. The molecule has 0 spiro atoms. The van der Waals surface area contributed by atoms with Crippen molar-refractivity contribution in [2.45, 2.75) is 10.6 Å². The normalized spacial score (nSPS) is 14.6. The molecule has 28 heavy (non-hydrogen) atoms. The number of hydrogen-bond donors (Lipinski definition) is 3. The van der Waals surface area contributed by atoms with Crippen LogP contribution in [0.5, 0.6) is 0 Å². The van der Waals surface area contributed by atoms with Gasteiger partial charge in [-0.3, -0.25) is 20.4 Å². The van der Waals surface area contributed by atoms with Crippen molar-refractivity contribution in [1.82, 2.24) is 20.6 Å². The second kappa shape index (κ2) is 9.43. The van der Waals surface area contributed by atoms with E-state index in [4.69, 9.17) is 4.74 Å². The molecule has 0 bridgehead atoms. The van der Waals surface area contributed by atoms with Crippen molar-refractivity contribution in [2.75, 3.05) is 37.7 Å². The number of hydrazine groups is 1. The average molecular weight is 446 g/mol. The molecule has 2 amide bonds. The number of aromatic nitrogens is 1. The molecule has 2 aromatic heterocycles. The molecule has 0 unspecified atom stereocenters. The zero-order chi connectivity index (χ0) is 20.0. The van der Waals surface area contributed by atoms with Gasteiger partial charge in [-0.1, -0.05) is 6.07 Å². The molecule has 0 radical (unpaired) electrons. The highest BCUT2D eigenvalue weighted by Crippen LogP contribution is 2.21. The zero-order valence-electron chi connectivity index (χ0n) is 14.7. The first kappa shape index (κ1) is 20.7. The lowest BCUT2D eigenvalue weighted by Gasteiger charge is -2.25.